The summed E-state index contributed by atoms with van der Waals surface area (Å²) in [6.45, 7) is 1.72. The van der Waals surface area contributed by atoms with Gasteiger partial charge in [0, 0.05) is 11.9 Å². The summed E-state index contributed by atoms with van der Waals surface area (Å²) in [7, 11) is 0. The highest BCUT2D eigenvalue weighted by molar-refractivity contribution is 6.34. The highest BCUT2D eigenvalue weighted by Crippen LogP contribution is 2.26. The summed E-state index contributed by atoms with van der Waals surface area (Å²) >= 11 is 6.03. The molecule has 20 heavy (non-hydrogen) atoms. The number of rotatable bonds is 3. The standard InChI is InChI=1S/C14H10ClN3O2/c1-8-2-3-10(6-11(8)14(19)20)18-13-12(15)9(7-16)4-5-17-13/h2-6H,1H3,(H,17,18)(H,19,20). The van der Waals surface area contributed by atoms with E-state index in [4.69, 9.17) is 22.0 Å². The molecule has 1 aromatic carbocycles. The lowest BCUT2D eigenvalue weighted by atomic mass is 10.1. The van der Waals surface area contributed by atoms with Crippen molar-refractivity contribution in [1.82, 2.24) is 4.98 Å². The van der Waals surface area contributed by atoms with Crippen molar-refractivity contribution in [3.63, 3.8) is 0 Å². The molecule has 0 spiro atoms. The molecular formula is C14H10ClN3O2. The number of carbonyl (C=O) groups is 1. The molecule has 0 saturated carbocycles. The molecule has 0 bridgehead atoms. The summed E-state index contributed by atoms with van der Waals surface area (Å²) in [4.78, 5) is 15.1. The molecule has 2 N–H and O–H groups in total. The average Bonchev–Trinajstić information content (AvgIpc) is 2.43. The zero-order valence-electron chi connectivity index (χ0n) is 10.5. The fourth-order valence-corrected chi connectivity index (χ4v) is 1.89. The Morgan fingerprint density at radius 2 is 2.20 bits per heavy atom. The number of hydrogen-bond acceptors (Lipinski definition) is 4. The third-order valence-electron chi connectivity index (χ3n) is 2.74. The highest BCUT2D eigenvalue weighted by atomic mass is 35.5. The summed E-state index contributed by atoms with van der Waals surface area (Å²) in [6.07, 6.45) is 1.46. The molecular weight excluding hydrogens is 278 g/mol. The molecule has 1 aromatic heterocycles. The van der Waals surface area contributed by atoms with Gasteiger partial charge in [-0.25, -0.2) is 9.78 Å². The molecule has 100 valence electrons. The van der Waals surface area contributed by atoms with Crippen LogP contribution < -0.4 is 5.32 Å². The molecule has 0 aliphatic heterocycles. The van der Waals surface area contributed by atoms with Gasteiger partial charge in [0.15, 0.2) is 5.82 Å². The van der Waals surface area contributed by atoms with Gasteiger partial charge in [0.05, 0.1) is 11.1 Å². The predicted octanol–water partition coefficient (Wildman–Crippen LogP) is 3.36. The van der Waals surface area contributed by atoms with Gasteiger partial charge in [-0.15, -0.1) is 0 Å². The monoisotopic (exact) mass is 287 g/mol. The Labute approximate surface area is 120 Å². The fourth-order valence-electron chi connectivity index (χ4n) is 1.68. The van der Waals surface area contributed by atoms with Crippen LogP contribution in [0.15, 0.2) is 30.5 Å². The minimum absolute atomic E-state index is 0.197. The maximum absolute atomic E-state index is 11.1. The Balaban J connectivity index is 2.39. The zero-order valence-corrected chi connectivity index (χ0v) is 11.3. The van der Waals surface area contributed by atoms with Crippen LogP contribution in [0, 0.1) is 18.3 Å². The van der Waals surface area contributed by atoms with E-state index in [-0.39, 0.29) is 10.6 Å². The van der Waals surface area contributed by atoms with Gasteiger partial charge in [0.2, 0.25) is 0 Å². The lowest BCUT2D eigenvalue weighted by Crippen LogP contribution is -2.02. The van der Waals surface area contributed by atoms with Crippen molar-refractivity contribution in [3.05, 3.63) is 52.2 Å². The van der Waals surface area contributed by atoms with Gasteiger partial charge in [-0.2, -0.15) is 5.26 Å². The fraction of sp³-hybridized carbons (Fsp3) is 0.0714. The van der Waals surface area contributed by atoms with Crippen LogP contribution in [0.5, 0.6) is 0 Å². The molecule has 1 heterocycles. The number of anilines is 2. The van der Waals surface area contributed by atoms with E-state index in [2.05, 4.69) is 10.3 Å². The molecule has 0 radical (unpaired) electrons. The minimum atomic E-state index is -1.00. The van der Waals surface area contributed by atoms with Crippen LogP contribution in [0.2, 0.25) is 5.02 Å². The predicted molar refractivity (Wildman–Crippen MR) is 75.4 cm³/mol. The van der Waals surface area contributed by atoms with Gasteiger partial charge in [0.25, 0.3) is 0 Å². The van der Waals surface area contributed by atoms with E-state index in [9.17, 15) is 4.79 Å². The van der Waals surface area contributed by atoms with Gasteiger partial charge < -0.3 is 10.4 Å². The number of aryl methyl sites for hydroxylation is 1. The number of nitrogens with zero attached hydrogens (tertiary/aromatic N) is 2. The van der Waals surface area contributed by atoms with E-state index < -0.39 is 5.97 Å². The van der Waals surface area contributed by atoms with E-state index in [1.54, 1.807) is 19.1 Å². The summed E-state index contributed by atoms with van der Waals surface area (Å²) in [5, 5.41) is 21.1. The number of benzene rings is 1. The normalized spacial score (nSPS) is 9.85. The first kappa shape index (κ1) is 13.8. The highest BCUT2D eigenvalue weighted by Gasteiger charge is 2.11. The summed E-state index contributed by atoms with van der Waals surface area (Å²) < 4.78 is 0. The number of halogens is 1. The van der Waals surface area contributed by atoms with E-state index in [1.165, 1.54) is 18.3 Å². The van der Waals surface area contributed by atoms with Crippen molar-refractivity contribution in [1.29, 1.82) is 5.26 Å². The molecule has 0 amide bonds. The van der Waals surface area contributed by atoms with E-state index in [0.717, 1.165) is 0 Å². The average molecular weight is 288 g/mol. The Hall–Kier alpha value is -2.58. The van der Waals surface area contributed by atoms with Crippen molar-refractivity contribution >= 4 is 29.1 Å². The van der Waals surface area contributed by atoms with Crippen molar-refractivity contribution in [3.8, 4) is 6.07 Å². The topological polar surface area (TPSA) is 86.0 Å². The van der Waals surface area contributed by atoms with Crippen LogP contribution in [-0.4, -0.2) is 16.1 Å². The number of hydrogen-bond donors (Lipinski definition) is 2. The van der Waals surface area contributed by atoms with Crippen LogP contribution in [0.25, 0.3) is 0 Å². The van der Waals surface area contributed by atoms with E-state index >= 15 is 0 Å². The molecule has 0 saturated heterocycles. The largest absolute Gasteiger partial charge is 0.478 e. The third-order valence-corrected chi connectivity index (χ3v) is 3.12. The van der Waals surface area contributed by atoms with E-state index in [0.29, 0.717) is 22.6 Å². The summed E-state index contributed by atoms with van der Waals surface area (Å²) in [6, 6.07) is 8.36. The Bertz CT molecular complexity index is 723. The molecule has 5 nitrogen and oxygen atoms in total. The Morgan fingerprint density at radius 1 is 1.45 bits per heavy atom. The molecule has 2 aromatic rings. The number of nitrogens with one attached hydrogen (secondary N) is 1. The lowest BCUT2D eigenvalue weighted by molar-refractivity contribution is 0.0696. The van der Waals surface area contributed by atoms with Crippen molar-refractivity contribution in [2.75, 3.05) is 5.32 Å². The number of aromatic nitrogens is 1. The van der Waals surface area contributed by atoms with Gasteiger partial charge in [0.1, 0.15) is 11.1 Å². The minimum Gasteiger partial charge on any atom is -0.478 e. The van der Waals surface area contributed by atoms with Crippen LogP contribution >= 0.6 is 11.6 Å². The third kappa shape index (κ3) is 2.71. The smallest absolute Gasteiger partial charge is 0.336 e. The molecule has 0 fully saturated rings. The van der Waals surface area contributed by atoms with Crippen molar-refractivity contribution in [2.45, 2.75) is 6.92 Å². The molecule has 2 rings (SSSR count). The number of pyridine rings is 1. The van der Waals surface area contributed by atoms with Gasteiger partial charge in [-0.3, -0.25) is 0 Å². The first-order valence-corrected chi connectivity index (χ1v) is 6.06. The van der Waals surface area contributed by atoms with Crippen LogP contribution in [0.3, 0.4) is 0 Å². The second kappa shape index (κ2) is 5.59. The molecule has 6 heteroatoms. The molecule has 0 aliphatic carbocycles. The number of aromatic carboxylic acids is 1. The number of carboxylic acids is 1. The first-order chi connectivity index (χ1) is 9.52. The number of nitriles is 1. The van der Waals surface area contributed by atoms with Gasteiger partial charge in [-0.05, 0) is 30.7 Å². The van der Waals surface area contributed by atoms with Crippen molar-refractivity contribution in [2.24, 2.45) is 0 Å². The first-order valence-electron chi connectivity index (χ1n) is 5.68. The van der Waals surface area contributed by atoms with E-state index in [1.807, 2.05) is 6.07 Å². The SMILES string of the molecule is Cc1ccc(Nc2nccc(C#N)c2Cl)cc1C(=O)O. The zero-order chi connectivity index (χ0) is 14.7. The Morgan fingerprint density at radius 3 is 2.85 bits per heavy atom. The number of carboxylic acid groups (broad SMARTS) is 1. The molecule has 0 unspecified atom stereocenters. The summed E-state index contributed by atoms with van der Waals surface area (Å²) in [5.74, 6) is -0.693. The summed E-state index contributed by atoms with van der Waals surface area (Å²) in [5.41, 5.74) is 1.70. The molecule has 0 aliphatic rings. The maximum atomic E-state index is 11.1. The van der Waals surface area contributed by atoms with Crippen LogP contribution in [0.1, 0.15) is 21.5 Å². The molecule has 0 atom stereocenters. The quantitative estimate of drug-likeness (QED) is 0.904. The Kier molecular flexibility index (Phi) is 3.87. The van der Waals surface area contributed by atoms with Crippen LogP contribution in [-0.2, 0) is 0 Å². The van der Waals surface area contributed by atoms with Crippen LogP contribution in [0.4, 0.5) is 11.5 Å². The van der Waals surface area contributed by atoms with Crippen molar-refractivity contribution < 1.29 is 9.90 Å². The lowest BCUT2D eigenvalue weighted by Gasteiger charge is -2.09. The second-order valence-electron chi connectivity index (χ2n) is 4.09. The van der Waals surface area contributed by atoms with Gasteiger partial charge >= 0.3 is 5.97 Å². The van der Waals surface area contributed by atoms with Gasteiger partial charge in [-0.1, -0.05) is 17.7 Å². The second-order valence-corrected chi connectivity index (χ2v) is 4.47. The maximum Gasteiger partial charge on any atom is 0.336 e.